The SMILES string of the molecule is O=c1[nH]c(CN2CCC(CO)CC2)nc2ccccc12. The molecule has 3 rings (SSSR count). The lowest BCUT2D eigenvalue weighted by Gasteiger charge is -2.30. The minimum Gasteiger partial charge on any atom is -0.396 e. The number of para-hydroxylation sites is 1. The third-order valence-corrected chi connectivity index (χ3v) is 4.00. The molecule has 5 heteroatoms. The molecule has 2 aromatic rings. The van der Waals surface area contributed by atoms with Crippen LogP contribution in [0.3, 0.4) is 0 Å². The zero-order valence-corrected chi connectivity index (χ0v) is 11.4. The molecule has 5 nitrogen and oxygen atoms in total. The van der Waals surface area contributed by atoms with Gasteiger partial charge in [0.25, 0.3) is 5.56 Å². The summed E-state index contributed by atoms with van der Waals surface area (Å²) in [6.07, 6.45) is 2.02. The van der Waals surface area contributed by atoms with Gasteiger partial charge in [0.2, 0.25) is 0 Å². The number of nitrogens with one attached hydrogen (secondary N) is 1. The van der Waals surface area contributed by atoms with E-state index >= 15 is 0 Å². The van der Waals surface area contributed by atoms with Gasteiger partial charge in [0, 0.05) is 6.61 Å². The van der Waals surface area contributed by atoms with Crippen molar-refractivity contribution in [2.45, 2.75) is 19.4 Å². The fourth-order valence-corrected chi connectivity index (χ4v) is 2.75. The number of nitrogens with zero attached hydrogens (tertiary/aromatic N) is 2. The maximum Gasteiger partial charge on any atom is 0.258 e. The Balaban J connectivity index is 1.77. The summed E-state index contributed by atoms with van der Waals surface area (Å²) >= 11 is 0. The largest absolute Gasteiger partial charge is 0.396 e. The second kappa shape index (κ2) is 5.73. The van der Waals surface area contributed by atoms with Crippen molar-refractivity contribution in [3.8, 4) is 0 Å². The van der Waals surface area contributed by atoms with Gasteiger partial charge in [-0.15, -0.1) is 0 Å². The second-order valence-electron chi connectivity index (χ2n) is 5.43. The Morgan fingerprint density at radius 2 is 2.05 bits per heavy atom. The van der Waals surface area contributed by atoms with E-state index in [1.54, 1.807) is 6.07 Å². The van der Waals surface area contributed by atoms with Crippen LogP contribution < -0.4 is 5.56 Å². The summed E-state index contributed by atoms with van der Waals surface area (Å²) in [5, 5.41) is 9.78. The zero-order valence-electron chi connectivity index (χ0n) is 11.4. The highest BCUT2D eigenvalue weighted by Crippen LogP contribution is 2.17. The van der Waals surface area contributed by atoms with Crippen LogP contribution in [0.15, 0.2) is 29.1 Å². The van der Waals surface area contributed by atoms with Gasteiger partial charge >= 0.3 is 0 Å². The van der Waals surface area contributed by atoms with Crippen molar-refractivity contribution < 1.29 is 5.11 Å². The molecule has 0 radical (unpaired) electrons. The minimum atomic E-state index is -0.0733. The first-order valence-corrected chi connectivity index (χ1v) is 7.07. The summed E-state index contributed by atoms with van der Waals surface area (Å²) in [6, 6.07) is 7.40. The van der Waals surface area contributed by atoms with Crippen molar-refractivity contribution in [1.29, 1.82) is 0 Å². The molecule has 1 aromatic heterocycles. The van der Waals surface area contributed by atoms with Gasteiger partial charge in [0.15, 0.2) is 0 Å². The van der Waals surface area contributed by atoms with Crippen LogP contribution in [0.2, 0.25) is 0 Å². The number of benzene rings is 1. The van der Waals surface area contributed by atoms with Crippen molar-refractivity contribution in [2.24, 2.45) is 5.92 Å². The fourth-order valence-electron chi connectivity index (χ4n) is 2.75. The summed E-state index contributed by atoms with van der Waals surface area (Å²) in [5.41, 5.74) is 0.673. The van der Waals surface area contributed by atoms with Crippen molar-refractivity contribution >= 4 is 10.9 Å². The fraction of sp³-hybridized carbons (Fsp3) is 0.467. The molecule has 0 bridgehead atoms. The summed E-state index contributed by atoms with van der Waals surface area (Å²) in [4.78, 5) is 21.7. The van der Waals surface area contributed by atoms with Crippen LogP contribution in [0.4, 0.5) is 0 Å². The predicted molar refractivity (Wildman–Crippen MR) is 77.5 cm³/mol. The maximum atomic E-state index is 12.0. The number of aliphatic hydroxyl groups excluding tert-OH is 1. The lowest BCUT2D eigenvalue weighted by molar-refractivity contribution is 0.125. The van der Waals surface area contributed by atoms with Crippen LogP contribution in [-0.2, 0) is 6.54 Å². The van der Waals surface area contributed by atoms with Crippen LogP contribution in [0.1, 0.15) is 18.7 Å². The van der Waals surface area contributed by atoms with Crippen LogP contribution in [0.5, 0.6) is 0 Å². The zero-order chi connectivity index (χ0) is 13.9. The number of aromatic amines is 1. The number of H-pyrrole nitrogens is 1. The molecule has 0 amide bonds. The first-order valence-electron chi connectivity index (χ1n) is 7.07. The first-order chi connectivity index (χ1) is 9.76. The Hall–Kier alpha value is -1.72. The van der Waals surface area contributed by atoms with Crippen molar-refractivity contribution in [1.82, 2.24) is 14.9 Å². The Labute approximate surface area is 117 Å². The average molecular weight is 273 g/mol. The molecule has 1 aliphatic heterocycles. The van der Waals surface area contributed by atoms with Crippen molar-refractivity contribution in [2.75, 3.05) is 19.7 Å². The summed E-state index contributed by atoms with van der Waals surface area (Å²) in [6.45, 7) is 2.83. The molecule has 0 saturated carbocycles. The van der Waals surface area contributed by atoms with E-state index in [-0.39, 0.29) is 12.2 Å². The molecule has 1 saturated heterocycles. The normalized spacial score (nSPS) is 17.6. The third kappa shape index (κ3) is 2.73. The molecule has 20 heavy (non-hydrogen) atoms. The topological polar surface area (TPSA) is 69.2 Å². The number of likely N-dealkylation sites (tertiary alicyclic amines) is 1. The number of hydrogen-bond acceptors (Lipinski definition) is 4. The molecular weight excluding hydrogens is 254 g/mol. The molecular formula is C15H19N3O2. The second-order valence-corrected chi connectivity index (χ2v) is 5.43. The molecule has 0 atom stereocenters. The maximum absolute atomic E-state index is 12.0. The minimum absolute atomic E-state index is 0.0733. The van der Waals surface area contributed by atoms with Crippen LogP contribution in [0.25, 0.3) is 10.9 Å². The smallest absolute Gasteiger partial charge is 0.258 e. The standard InChI is InChI=1S/C15H19N3O2/c19-10-11-5-7-18(8-6-11)9-14-16-13-4-2-1-3-12(13)15(20)17-14/h1-4,11,19H,5-10H2,(H,16,17,20). The van der Waals surface area contributed by atoms with Crippen LogP contribution in [0, 0.1) is 5.92 Å². The highest BCUT2D eigenvalue weighted by molar-refractivity contribution is 5.77. The highest BCUT2D eigenvalue weighted by atomic mass is 16.3. The van der Waals surface area contributed by atoms with Crippen molar-refractivity contribution in [3.63, 3.8) is 0 Å². The summed E-state index contributed by atoms with van der Waals surface area (Å²) in [7, 11) is 0. The van der Waals surface area contributed by atoms with Crippen LogP contribution >= 0.6 is 0 Å². The number of piperidine rings is 1. The van der Waals surface area contributed by atoms with E-state index in [2.05, 4.69) is 14.9 Å². The molecule has 106 valence electrons. The van der Waals surface area contributed by atoms with Crippen molar-refractivity contribution in [3.05, 3.63) is 40.4 Å². The highest BCUT2D eigenvalue weighted by Gasteiger charge is 2.19. The van der Waals surface area contributed by atoms with Gasteiger partial charge in [-0.2, -0.15) is 0 Å². The van der Waals surface area contributed by atoms with E-state index in [4.69, 9.17) is 5.11 Å². The summed E-state index contributed by atoms with van der Waals surface area (Å²) < 4.78 is 0. The first kappa shape index (κ1) is 13.3. The van der Waals surface area contributed by atoms with Gasteiger partial charge in [-0.1, -0.05) is 12.1 Å². The van der Waals surface area contributed by atoms with Crippen LogP contribution in [-0.4, -0.2) is 39.7 Å². The number of hydrogen-bond donors (Lipinski definition) is 2. The van der Waals surface area contributed by atoms with Gasteiger partial charge in [-0.25, -0.2) is 4.98 Å². The van der Waals surface area contributed by atoms with E-state index in [1.165, 1.54) is 0 Å². The number of rotatable bonds is 3. The van der Waals surface area contributed by atoms with Gasteiger partial charge in [0.05, 0.1) is 17.4 Å². The van der Waals surface area contributed by atoms with Gasteiger partial charge < -0.3 is 10.1 Å². The monoisotopic (exact) mass is 273 g/mol. The van der Waals surface area contributed by atoms with Gasteiger partial charge in [-0.05, 0) is 44.0 Å². The van der Waals surface area contributed by atoms with E-state index in [1.807, 2.05) is 18.2 Å². The molecule has 1 aliphatic rings. The third-order valence-electron chi connectivity index (χ3n) is 4.00. The van der Waals surface area contributed by atoms with E-state index in [0.717, 1.165) is 37.3 Å². The van der Waals surface area contributed by atoms with E-state index in [9.17, 15) is 4.79 Å². The lowest BCUT2D eigenvalue weighted by Crippen LogP contribution is -2.35. The molecule has 2 N–H and O–H groups in total. The average Bonchev–Trinajstić information content (AvgIpc) is 2.48. The Bertz CT molecular complexity index is 645. The molecule has 0 spiro atoms. The molecule has 0 aliphatic carbocycles. The van der Waals surface area contributed by atoms with Gasteiger partial charge in [0.1, 0.15) is 5.82 Å². The Kier molecular flexibility index (Phi) is 3.80. The summed E-state index contributed by atoms with van der Waals surface area (Å²) in [5.74, 6) is 1.14. The molecule has 1 fully saturated rings. The molecule has 1 aromatic carbocycles. The number of fused-ring (bicyclic) bond motifs is 1. The number of aromatic nitrogens is 2. The van der Waals surface area contributed by atoms with E-state index < -0.39 is 0 Å². The molecule has 0 unspecified atom stereocenters. The predicted octanol–water partition coefficient (Wildman–Crippen LogP) is 1.13. The van der Waals surface area contributed by atoms with E-state index in [0.29, 0.717) is 17.8 Å². The Morgan fingerprint density at radius 3 is 2.80 bits per heavy atom. The lowest BCUT2D eigenvalue weighted by atomic mass is 9.98. The number of aliphatic hydroxyl groups is 1. The Morgan fingerprint density at radius 1 is 1.30 bits per heavy atom. The van der Waals surface area contributed by atoms with Gasteiger partial charge in [-0.3, -0.25) is 9.69 Å². The molecule has 2 heterocycles. The quantitative estimate of drug-likeness (QED) is 0.879.